The van der Waals surface area contributed by atoms with Crippen LogP contribution in [0.25, 0.3) is 0 Å². The maximum Gasteiger partial charge on any atom is 0.262 e. The molecule has 1 heterocycles. The molecule has 0 aliphatic rings. The molecule has 3 N–H and O–H groups in total. The Morgan fingerprint density at radius 1 is 1.53 bits per heavy atom. The van der Waals surface area contributed by atoms with E-state index in [9.17, 15) is 8.78 Å². The van der Waals surface area contributed by atoms with Gasteiger partial charge < -0.3 is 11.1 Å². The number of halogens is 2. The summed E-state index contributed by atoms with van der Waals surface area (Å²) in [7, 11) is 0. The highest BCUT2D eigenvalue weighted by atomic mass is 19.3. The van der Waals surface area contributed by atoms with Crippen molar-refractivity contribution >= 4 is 5.82 Å². The molecular weight excluding hydrogens is 200 g/mol. The highest BCUT2D eigenvalue weighted by Gasteiger charge is 2.20. The van der Waals surface area contributed by atoms with Gasteiger partial charge in [0, 0.05) is 19.2 Å². The monoisotopic (exact) mass is 215 g/mol. The first-order valence-corrected chi connectivity index (χ1v) is 4.72. The van der Waals surface area contributed by atoms with E-state index in [1.165, 1.54) is 0 Å². The first-order valence-electron chi connectivity index (χ1n) is 4.72. The molecule has 0 aliphatic heterocycles. The van der Waals surface area contributed by atoms with Crippen molar-refractivity contribution < 1.29 is 8.78 Å². The fourth-order valence-corrected chi connectivity index (χ4v) is 1.02. The molecule has 1 atom stereocenters. The van der Waals surface area contributed by atoms with Gasteiger partial charge in [0.05, 0.1) is 6.54 Å². The van der Waals surface area contributed by atoms with Crippen molar-refractivity contribution in [2.45, 2.75) is 25.8 Å². The number of rotatable bonds is 4. The van der Waals surface area contributed by atoms with Crippen LogP contribution in [-0.4, -0.2) is 17.5 Å². The number of aromatic nitrogens is 1. The standard InChI is InChI=1S/C10H15F2N3/c1-7(13)8-3-4-9(14-5-8)15-6-10(2,11)12/h3-5,7H,6,13H2,1-2H3,(H,14,15). The van der Waals surface area contributed by atoms with E-state index in [0.29, 0.717) is 5.82 Å². The maximum atomic E-state index is 12.5. The molecule has 5 heteroatoms. The van der Waals surface area contributed by atoms with Gasteiger partial charge in [-0.3, -0.25) is 0 Å². The second-order valence-electron chi connectivity index (χ2n) is 3.69. The Bertz CT molecular complexity index is 303. The van der Waals surface area contributed by atoms with Gasteiger partial charge in [0.1, 0.15) is 5.82 Å². The fourth-order valence-electron chi connectivity index (χ4n) is 1.02. The van der Waals surface area contributed by atoms with Crippen LogP contribution in [0.1, 0.15) is 25.5 Å². The maximum absolute atomic E-state index is 12.5. The van der Waals surface area contributed by atoms with Gasteiger partial charge in [-0.2, -0.15) is 0 Å². The molecule has 84 valence electrons. The topological polar surface area (TPSA) is 50.9 Å². The molecule has 1 aromatic rings. The van der Waals surface area contributed by atoms with Gasteiger partial charge in [0.25, 0.3) is 5.92 Å². The van der Waals surface area contributed by atoms with E-state index in [0.717, 1.165) is 12.5 Å². The van der Waals surface area contributed by atoms with Gasteiger partial charge in [-0.05, 0) is 18.6 Å². The molecule has 0 aliphatic carbocycles. The number of hydrogen-bond acceptors (Lipinski definition) is 3. The van der Waals surface area contributed by atoms with Crippen molar-refractivity contribution in [1.82, 2.24) is 4.98 Å². The van der Waals surface area contributed by atoms with Crippen LogP contribution in [0.15, 0.2) is 18.3 Å². The Morgan fingerprint density at radius 2 is 2.20 bits per heavy atom. The molecule has 1 unspecified atom stereocenters. The van der Waals surface area contributed by atoms with Gasteiger partial charge in [0.15, 0.2) is 0 Å². The first-order chi connectivity index (χ1) is 6.88. The Labute approximate surface area is 87.7 Å². The predicted molar refractivity (Wildman–Crippen MR) is 56.0 cm³/mol. The van der Waals surface area contributed by atoms with Crippen molar-refractivity contribution in [2.24, 2.45) is 5.73 Å². The van der Waals surface area contributed by atoms with Crippen LogP contribution in [0.2, 0.25) is 0 Å². The lowest BCUT2D eigenvalue weighted by atomic mass is 10.1. The molecule has 3 nitrogen and oxygen atoms in total. The van der Waals surface area contributed by atoms with Crippen LogP contribution in [0.5, 0.6) is 0 Å². The quantitative estimate of drug-likeness (QED) is 0.809. The van der Waals surface area contributed by atoms with Crippen LogP contribution >= 0.6 is 0 Å². The molecule has 1 aromatic heterocycles. The number of nitrogens with two attached hydrogens (primary N) is 1. The van der Waals surface area contributed by atoms with E-state index in [4.69, 9.17) is 5.73 Å². The van der Waals surface area contributed by atoms with E-state index in [-0.39, 0.29) is 6.04 Å². The van der Waals surface area contributed by atoms with E-state index in [1.54, 1.807) is 18.3 Å². The largest absolute Gasteiger partial charge is 0.364 e. The minimum Gasteiger partial charge on any atom is -0.364 e. The molecule has 0 amide bonds. The summed E-state index contributed by atoms with van der Waals surface area (Å²) >= 11 is 0. The zero-order valence-electron chi connectivity index (χ0n) is 8.80. The van der Waals surface area contributed by atoms with Crippen LogP contribution in [0, 0.1) is 0 Å². The summed E-state index contributed by atoms with van der Waals surface area (Å²) in [6, 6.07) is 3.32. The third-order valence-electron chi connectivity index (χ3n) is 1.89. The number of nitrogens with zero attached hydrogens (tertiary/aromatic N) is 1. The van der Waals surface area contributed by atoms with Crippen LogP contribution < -0.4 is 11.1 Å². The molecular formula is C10H15F2N3. The van der Waals surface area contributed by atoms with Gasteiger partial charge in [-0.25, -0.2) is 13.8 Å². The lowest BCUT2D eigenvalue weighted by Crippen LogP contribution is -2.23. The molecule has 1 rings (SSSR count). The second kappa shape index (κ2) is 4.53. The molecule has 0 radical (unpaired) electrons. The van der Waals surface area contributed by atoms with Gasteiger partial charge in [-0.1, -0.05) is 6.07 Å². The van der Waals surface area contributed by atoms with E-state index in [2.05, 4.69) is 10.3 Å². The van der Waals surface area contributed by atoms with Crippen molar-refractivity contribution in [3.8, 4) is 0 Å². The average Bonchev–Trinajstić information content (AvgIpc) is 2.14. The summed E-state index contributed by atoms with van der Waals surface area (Å²) in [5.41, 5.74) is 6.51. The number of alkyl halides is 2. The van der Waals surface area contributed by atoms with Gasteiger partial charge in [0.2, 0.25) is 0 Å². The van der Waals surface area contributed by atoms with Gasteiger partial charge in [-0.15, -0.1) is 0 Å². The Hall–Kier alpha value is -1.23. The van der Waals surface area contributed by atoms with E-state index < -0.39 is 12.5 Å². The van der Waals surface area contributed by atoms with E-state index in [1.807, 2.05) is 6.92 Å². The van der Waals surface area contributed by atoms with Crippen molar-refractivity contribution in [2.75, 3.05) is 11.9 Å². The normalized spacial score (nSPS) is 13.7. The smallest absolute Gasteiger partial charge is 0.262 e. The van der Waals surface area contributed by atoms with Gasteiger partial charge >= 0.3 is 0 Å². The van der Waals surface area contributed by atoms with Crippen molar-refractivity contribution in [1.29, 1.82) is 0 Å². The SMILES string of the molecule is CC(N)c1ccc(NCC(C)(F)F)nc1. The molecule has 15 heavy (non-hydrogen) atoms. The zero-order valence-corrected chi connectivity index (χ0v) is 8.80. The zero-order chi connectivity index (χ0) is 11.5. The molecule has 0 aromatic carbocycles. The van der Waals surface area contributed by atoms with Crippen LogP contribution in [0.4, 0.5) is 14.6 Å². The number of nitrogens with one attached hydrogen (secondary N) is 1. The number of hydrogen-bond donors (Lipinski definition) is 2. The van der Waals surface area contributed by atoms with E-state index >= 15 is 0 Å². The van der Waals surface area contributed by atoms with Crippen molar-refractivity contribution in [3.05, 3.63) is 23.9 Å². The van der Waals surface area contributed by atoms with Crippen molar-refractivity contribution in [3.63, 3.8) is 0 Å². The third-order valence-corrected chi connectivity index (χ3v) is 1.89. The molecule has 0 saturated carbocycles. The number of anilines is 1. The lowest BCUT2D eigenvalue weighted by Gasteiger charge is -2.12. The summed E-state index contributed by atoms with van der Waals surface area (Å²) in [4.78, 5) is 3.98. The molecule has 0 bridgehead atoms. The second-order valence-corrected chi connectivity index (χ2v) is 3.69. The highest BCUT2D eigenvalue weighted by Crippen LogP contribution is 2.14. The van der Waals surface area contributed by atoms with Crippen LogP contribution in [0.3, 0.4) is 0 Å². The Balaban J connectivity index is 2.57. The minimum atomic E-state index is -2.73. The molecule has 0 spiro atoms. The first kappa shape index (κ1) is 11.8. The summed E-state index contributed by atoms with van der Waals surface area (Å²) in [6.45, 7) is 2.28. The highest BCUT2D eigenvalue weighted by molar-refractivity contribution is 5.36. The molecule has 0 saturated heterocycles. The average molecular weight is 215 g/mol. The predicted octanol–water partition coefficient (Wildman–Crippen LogP) is 2.17. The Morgan fingerprint density at radius 3 is 2.60 bits per heavy atom. The lowest BCUT2D eigenvalue weighted by molar-refractivity contribution is 0.0367. The third kappa shape index (κ3) is 4.20. The summed E-state index contributed by atoms with van der Waals surface area (Å²) < 4.78 is 25.0. The molecule has 0 fully saturated rings. The minimum absolute atomic E-state index is 0.0980. The fraction of sp³-hybridized carbons (Fsp3) is 0.500. The summed E-state index contributed by atoms with van der Waals surface area (Å²) in [5, 5.41) is 2.55. The van der Waals surface area contributed by atoms with Crippen LogP contribution in [-0.2, 0) is 0 Å². The number of pyridine rings is 1. The summed E-state index contributed by atoms with van der Waals surface area (Å²) in [6.07, 6.45) is 1.58. The summed E-state index contributed by atoms with van der Waals surface area (Å²) in [5.74, 6) is -2.30. The Kier molecular flexibility index (Phi) is 3.57.